The van der Waals surface area contributed by atoms with Crippen molar-refractivity contribution >= 4 is 17.7 Å². The van der Waals surface area contributed by atoms with Gasteiger partial charge in [0, 0.05) is 43.2 Å². The van der Waals surface area contributed by atoms with Crippen LogP contribution >= 0.6 is 0 Å². The smallest absolute Gasteiger partial charge is 0.328 e. The lowest BCUT2D eigenvalue weighted by Crippen LogP contribution is -2.45. The topological polar surface area (TPSA) is 113 Å². The number of nitrogens with one attached hydrogen (secondary N) is 2. The Bertz CT molecular complexity index is 1480. The summed E-state index contributed by atoms with van der Waals surface area (Å²) >= 11 is 0. The van der Waals surface area contributed by atoms with Crippen LogP contribution < -0.4 is 10.6 Å². The van der Waals surface area contributed by atoms with Crippen LogP contribution in [-0.2, 0) is 32.0 Å². The number of benzene rings is 3. The third-order valence-corrected chi connectivity index (χ3v) is 9.71. The van der Waals surface area contributed by atoms with Crippen LogP contribution in [-0.4, -0.2) is 84.9 Å². The number of urea groups is 1. The summed E-state index contributed by atoms with van der Waals surface area (Å²) in [5.41, 5.74) is 4.15. The summed E-state index contributed by atoms with van der Waals surface area (Å²) in [5.74, 6) is -0.517. The second-order valence-corrected chi connectivity index (χ2v) is 13.1. The van der Waals surface area contributed by atoms with Crippen LogP contribution in [0.5, 0.6) is 0 Å². The number of carbonyl (C=O) groups excluding carboxylic acids is 2. The molecule has 10 heteroatoms. The molecule has 48 heavy (non-hydrogen) atoms. The molecule has 6 rings (SSSR count). The van der Waals surface area contributed by atoms with Crippen molar-refractivity contribution in [3.8, 4) is 0 Å². The first-order chi connectivity index (χ1) is 23.5. The Labute approximate surface area is 283 Å². The van der Waals surface area contributed by atoms with E-state index in [4.69, 9.17) is 14.2 Å². The first kappa shape index (κ1) is 34.1. The van der Waals surface area contributed by atoms with Crippen LogP contribution in [0.1, 0.15) is 66.8 Å². The van der Waals surface area contributed by atoms with Gasteiger partial charge in [0.2, 0.25) is 0 Å². The Balaban J connectivity index is 1.15. The maximum absolute atomic E-state index is 13.1. The Kier molecular flexibility index (Phi) is 11.7. The van der Waals surface area contributed by atoms with Gasteiger partial charge >= 0.3 is 12.0 Å². The van der Waals surface area contributed by atoms with Crippen molar-refractivity contribution in [2.24, 2.45) is 0 Å². The van der Waals surface area contributed by atoms with Crippen LogP contribution in [0.4, 0.5) is 10.5 Å². The van der Waals surface area contributed by atoms with Crippen molar-refractivity contribution < 1.29 is 28.9 Å². The number of methoxy groups -OCH3 is 1. The van der Waals surface area contributed by atoms with Gasteiger partial charge in [-0.05, 0) is 74.1 Å². The molecule has 2 amide bonds. The van der Waals surface area contributed by atoms with Gasteiger partial charge in [0.15, 0.2) is 6.29 Å². The van der Waals surface area contributed by atoms with E-state index in [9.17, 15) is 14.7 Å². The number of rotatable bonds is 12. The van der Waals surface area contributed by atoms with E-state index in [1.807, 2.05) is 72.8 Å². The average molecular weight is 657 g/mol. The molecule has 0 aliphatic carbocycles. The number of anilines is 1. The first-order valence-corrected chi connectivity index (χ1v) is 17.2. The number of hydrogen-bond donors (Lipinski definition) is 3. The quantitative estimate of drug-likeness (QED) is 0.229. The van der Waals surface area contributed by atoms with Gasteiger partial charge in [0.1, 0.15) is 6.04 Å². The second-order valence-electron chi connectivity index (χ2n) is 13.1. The van der Waals surface area contributed by atoms with E-state index in [1.54, 1.807) is 6.07 Å². The first-order valence-electron chi connectivity index (χ1n) is 17.2. The fourth-order valence-corrected chi connectivity index (χ4v) is 7.17. The van der Waals surface area contributed by atoms with E-state index in [0.29, 0.717) is 18.2 Å². The van der Waals surface area contributed by atoms with Crippen molar-refractivity contribution in [2.75, 3.05) is 45.2 Å². The van der Waals surface area contributed by atoms with Crippen LogP contribution in [0.3, 0.4) is 0 Å². The molecule has 0 saturated carbocycles. The number of ether oxygens (including phenoxy) is 3. The van der Waals surface area contributed by atoms with Gasteiger partial charge < -0.3 is 34.9 Å². The summed E-state index contributed by atoms with van der Waals surface area (Å²) in [5, 5.41) is 15.2. The van der Waals surface area contributed by atoms with Crippen LogP contribution in [0.2, 0.25) is 0 Å². The lowest BCUT2D eigenvalue weighted by atomic mass is 9.99. The Morgan fingerprint density at radius 3 is 2.44 bits per heavy atom. The minimum absolute atomic E-state index is 0.00642. The van der Waals surface area contributed by atoms with E-state index < -0.39 is 24.3 Å². The monoisotopic (exact) mass is 656 g/mol. The number of aliphatic hydroxyl groups is 1. The zero-order chi connectivity index (χ0) is 33.3. The molecule has 0 spiro atoms. The Morgan fingerprint density at radius 2 is 1.69 bits per heavy atom. The molecule has 3 aliphatic heterocycles. The minimum atomic E-state index is -0.843. The highest BCUT2D eigenvalue weighted by atomic mass is 16.7. The molecular weight excluding hydrogens is 608 g/mol. The maximum atomic E-state index is 13.1. The van der Waals surface area contributed by atoms with Crippen molar-refractivity contribution in [1.82, 2.24) is 15.1 Å². The van der Waals surface area contributed by atoms with Crippen LogP contribution in [0.25, 0.3) is 0 Å². The van der Waals surface area contributed by atoms with E-state index >= 15 is 0 Å². The number of likely N-dealkylation sites (tertiary alicyclic amines) is 2. The van der Waals surface area contributed by atoms with Gasteiger partial charge in [0.25, 0.3) is 0 Å². The summed E-state index contributed by atoms with van der Waals surface area (Å²) < 4.78 is 18.2. The molecule has 3 N–H and O–H groups in total. The number of esters is 1. The molecule has 0 radical (unpaired) electrons. The summed E-state index contributed by atoms with van der Waals surface area (Å²) in [6.45, 7) is 5.42. The number of amides is 2. The van der Waals surface area contributed by atoms with Gasteiger partial charge in [-0.25, -0.2) is 9.59 Å². The molecule has 3 aromatic rings. The zero-order valence-electron chi connectivity index (χ0n) is 27.8. The molecular formula is C38H48N4O6. The van der Waals surface area contributed by atoms with Gasteiger partial charge in [-0.1, -0.05) is 66.7 Å². The Morgan fingerprint density at radius 1 is 0.896 bits per heavy atom. The molecule has 3 saturated heterocycles. The summed E-state index contributed by atoms with van der Waals surface area (Å²) in [6, 6.07) is 24.1. The zero-order valence-corrected chi connectivity index (χ0v) is 27.8. The van der Waals surface area contributed by atoms with Crippen molar-refractivity contribution in [3.63, 3.8) is 0 Å². The third-order valence-electron chi connectivity index (χ3n) is 9.71. The molecule has 10 nitrogen and oxygen atoms in total. The standard InChI is InChI=1S/C38H48N4O6/c1-46-36(44)34(21-27-9-3-2-4-10-27)40-38(45)39-31-12-7-11-30(22-31)37-47-33(23-35(48-37)29-16-14-28(26-43)15-17-29)25-42-20-8-13-32(42)24-41-18-5-6-19-41/h2-4,7,9-12,14-17,22,32-35,37,43H,5-6,8,13,18-21,23-26H2,1H3,(H2,39,40,45)/t32-,33+,34-,35-,37-/m0/s1. The van der Waals surface area contributed by atoms with Gasteiger partial charge in [0.05, 0.1) is 25.9 Å². The molecule has 3 aromatic carbocycles. The number of hydrogen-bond acceptors (Lipinski definition) is 8. The molecule has 0 aromatic heterocycles. The third kappa shape index (κ3) is 9.00. The lowest BCUT2D eigenvalue weighted by molar-refractivity contribution is -0.253. The highest BCUT2D eigenvalue weighted by Crippen LogP contribution is 2.39. The fourth-order valence-electron chi connectivity index (χ4n) is 7.17. The normalized spacial score (nSPS) is 23.9. The summed E-state index contributed by atoms with van der Waals surface area (Å²) in [6.07, 6.45) is 5.15. The molecule has 3 aliphatic rings. The van der Waals surface area contributed by atoms with E-state index in [1.165, 1.54) is 45.9 Å². The molecule has 0 unspecified atom stereocenters. The number of carbonyl (C=O) groups is 2. The SMILES string of the molecule is COC(=O)[C@H](Cc1ccccc1)NC(=O)Nc1cccc([C@H]2O[C@@H](CN3CCC[C@H]3CN3CCCC3)C[C@@H](c3ccc(CO)cc3)O2)c1. The maximum Gasteiger partial charge on any atom is 0.328 e. The van der Waals surface area contributed by atoms with Crippen molar-refractivity contribution in [2.45, 2.75) is 75.7 Å². The molecule has 3 fully saturated rings. The van der Waals surface area contributed by atoms with Crippen molar-refractivity contribution in [3.05, 3.63) is 101 Å². The average Bonchev–Trinajstić information content (AvgIpc) is 3.80. The highest BCUT2D eigenvalue weighted by Gasteiger charge is 2.36. The summed E-state index contributed by atoms with van der Waals surface area (Å²) in [4.78, 5) is 30.8. The van der Waals surface area contributed by atoms with E-state index in [0.717, 1.165) is 48.3 Å². The van der Waals surface area contributed by atoms with Gasteiger partial charge in [-0.3, -0.25) is 4.90 Å². The predicted octanol–water partition coefficient (Wildman–Crippen LogP) is 5.19. The fraction of sp³-hybridized carbons (Fsp3) is 0.474. The molecule has 3 heterocycles. The predicted molar refractivity (Wildman–Crippen MR) is 183 cm³/mol. The summed E-state index contributed by atoms with van der Waals surface area (Å²) in [7, 11) is 1.31. The van der Waals surface area contributed by atoms with Crippen LogP contribution in [0, 0.1) is 0 Å². The molecule has 0 bridgehead atoms. The molecule has 5 atom stereocenters. The number of nitrogens with zero attached hydrogens (tertiary/aromatic N) is 2. The largest absolute Gasteiger partial charge is 0.467 e. The molecule has 256 valence electrons. The highest BCUT2D eigenvalue weighted by molar-refractivity contribution is 5.92. The Hall–Kier alpha value is -3.80. The second kappa shape index (κ2) is 16.5. The van der Waals surface area contributed by atoms with Crippen molar-refractivity contribution in [1.29, 1.82) is 0 Å². The van der Waals surface area contributed by atoms with Gasteiger partial charge in [-0.2, -0.15) is 0 Å². The van der Waals surface area contributed by atoms with E-state index in [-0.39, 0.29) is 18.8 Å². The van der Waals surface area contributed by atoms with E-state index in [2.05, 4.69) is 20.4 Å². The van der Waals surface area contributed by atoms with Crippen LogP contribution in [0.15, 0.2) is 78.9 Å². The minimum Gasteiger partial charge on any atom is -0.467 e. The lowest BCUT2D eigenvalue weighted by Gasteiger charge is -2.39. The van der Waals surface area contributed by atoms with Gasteiger partial charge in [-0.15, -0.1) is 0 Å². The number of aliphatic hydroxyl groups excluding tert-OH is 1.